The molecule has 1 aliphatic heterocycles. The van der Waals surface area contributed by atoms with Gasteiger partial charge in [0.1, 0.15) is 0 Å². The molecule has 0 aromatic carbocycles. The first-order chi connectivity index (χ1) is 8.60. The first kappa shape index (κ1) is 15.4. The van der Waals surface area contributed by atoms with Crippen LogP contribution in [0.4, 0.5) is 0 Å². The lowest BCUT2D eigenvalue weighted by atomic mass is 10.1. The SMILES string of the molecule is CCC(CC)N(CC(C)C)C(=O)C1CNCCN1. The Labute approximate surface area is 111 Å². The molecule has 1 unspecified atom stereocenters. The second-order valence-corrected chi connectivity index (χ2v) is 5.57. The largest absolute Gasteiger partial charge is 0.338 e. The van der Waals surface area contributed by atoms with Crippen LogP contribution in [0.15, 0.2) is 0 Å². The molecule has 0 saturated carbocycles. The maximum Gasteiger partial charge on any atom is 0.241 e. The van der Waals surface area contributed by atoms with Gasteiger partial charge in [-0.25, -0.2) is 0 Å². The lowest BCUT2D eigenvalue weighted by Crippen LogP contribution is -2.58. The molecule has 0 aromatic rings. The molecule has 1 atom stereocenters. The van der Waals surface area contributed by atoms with Gasteiger partial charge in [0, 0.05) is 32.2 Å². The molecule has 1 fully saturated rings. The van der Waals surface area contributed by atoms with Crippen LogP contribution < -0.4 is 10.6 Å². The summed E-state index contributed by atoms with van der Waals surface area (Å²) in [5, 5.41) is 6.61. The third-order valence-electron chi connectivity index (χ3n) is 3.57. The molecule has 106 valence electrons. The van der Waals surface area contributed by atoms with Crippen molar-refractivity contribution in [2.75, 3.05) is 26.2 Å². The molecule has 1 rings (SSSR count). The van der Waals surface area contributed by atoms with Gasteiger partial charge in [-0.3, -0.25) is 4.79 Å². The van der Waals surface area contributed by atoms with Gasteiger partial charge in [-0.2, -0.15) is 0 Å². The molecule has 1 saturated heterocycles. The minimum Gasteiger partial charge on any atom is -0.338 e. The average Bonchev–Trinajstić information content (AvgIpc) is 2.38. The Kier molecular flexibility index (Phi) is 6.65. The zero-order valence-electron chi connectivity index (χ0n) is 12.3. The van der Waals surface area contributed by atoms with Crippen LogP contribution in [0.3, 0.4) is 0 Å². The van der Waals surface area contributed by atoms with E-state index >= 15 is 0 Å². The van der Waals surface area contributed by atoms with Crippen LogP contribution in [0.2, 0.25) is 0 Å². The summed E-state index contributed by atoms with van der Waals surface area (Å²) in [6, 6.07) is 0.335. The molecule has 4 heteroatoms. The first-order valence-corrected chi connectivity index (χ1v) is 7.34. The number of nitrogens with one attached hydrogen (secondary N) is 2. The van der Waals surface area contributed by atoms with E-state index in [1.807, 2.05) is 0 Å². The highest BCUT2D eigenvalue weighted by atomic mass is 16.2. The number of hydrogen-bond acceptors (Lipinski definition) is 3. The van der Waals surface area contributed by atoms with Crippen molar-refractivity contribution in [2.45, 2.75) is 52.6 Å². The summed E-state index contributed by atoms with van der Waals surface area (Å²) < 4.78 is 0. The highest BCUT2D eigenvalue weighted by Crippen LogP contribution is 2.13. The van der Waals surface area contributed by atoms with Crippen molar-refractivity contribution in [1.29, 1.82) is 0 Å². The molecule has 1 amide bonds. The van der Waals surface area contributed by atoms with Crippen molar-refractivity contribution in [3.8, 4) is 0 Å². The molecule has 1 aliphatic rings. The van der Waals surface area contributed by atoms with Crippen molar-refractivity contribution in [1.82, 2.24) is 15.5 Å². The van der Waals surface area contributed by atoms with Gasteiger partial charge in [0.05, 0.1) is 6.04 Å². The molecule has 0 bridgehead atoms. The van der Waals surface area contributed by atoms with Crippen LogP contribution >= 0.6 is 0 Å². The number of amides is 1. The van der Waals surface area contributed by atoms with Gasteiger partial charge in [-0.1, -0.05) is 27.7 Å². The highest BCUT2D eigenvalue weighted by Gasteiger charge is 2.29. The van der Waals surface area contributed by atoms with E-state index in [1.54, 1.807) is 0 Å². The van der Waals surface area contributed by atoms with Crippen LogP contribution in [0.1, 0.15) is 40.5 Å². The van der Waals surface area contributed by atoms with E-state index in [2.05, 4.69) is 43.2 Å². The van der Waals surface area contributed by atoms with Gasteiger partial charge >= 0.3 is 0 Å². The van der Waals surface area contributed by atoms with Gasteiger partial charge in [0.25, 0.3) is 0 Å². The fraction of sp³-hybridized carbons (Fsp3) is 0.929. The first-order valence-electron chi connectivity index (χ1n) is 7.34. The maximum atomic E-state index is 12.6. The second-order valence-electron chi connectivity index (χ2n) is 5.57. The maximum absolute atomic E-state index is 12.6. The number of hydrogen-bond donors (Lipinski definition) is 2. The Morgan fingerprint density at radius 1 is 1.28 bits per heavy atom. The fourth-order valence-corrected chi connectivity index (χ4v) is 2.57. The lowest BCUT2D eigenvalue weighted by molar-refractivity contribution is -0.136. The predicted octanol–water partition coefficient (Wildman–Crippen LogP) is 1.22. The van der Waals surface area contributed by atoms with E-state index in [0.717, 1.165) is 39.0 Å². The van der Waals surface area contributed by atoms with Crippen molar-refractivity contribution < 1.29 is 4.79 Å². The normalized spacial score (nSPS) is 20.4. The Hall–Kier alpha value is -0.610. The summed E-state index contributed by atoms with van der Waals surface area (Å²) in [5.74, 6) is 0.788. The third kappa shape index (κ3) is 4.25. The third-order valence-corrected chi connectivity index (χ3v) is 3.57. The quantitative estimate of drug-likeness (QED) is 0.750. The smallest absolute Gasteiger partial charge is 0.241 e. The average molecular weight is 255 g/mol. The van der Waals surface area contributed by atoms with Crippen LogP contribution in [0.5, 0.6) is 0 Å². The van der Waals surface area contributed by atoms with Crippen LogP contribution in [0.25, 0.3) is 0 Å². The summed E-state index contributed by atoms with van der Waals surface area (Å²) in [7, 11) is 0. The second kappa shape index (κ2) is 7.74. The van der Waals surface area contributed by atoms with Gasteiger partial charge < -0.3 is 15.5 Å². The summed E-state index contributed by atoms with van der Waals surface area (Å²) >= 11 is 0. The van der Waals surface area contributed by atoms with Gasteiger partial charge in [0.2, 0.25) is 5.91 Å². The Balaban J connectivity index is 2.70. The summed E-state index contributed by atoms with van der Waals surface area (Å²) in [5.41, 5.74) is 0. The summed E-state index contributed by atoms with van der Waals surface area (Å²) in [6.45, 7) is 12.2. The fourth-order valence-electron chi connectivity index (χ4n) is 2.57. The summed E-state index contributed by atoms with van der Waals surface area (Å²) in [4.78, 5) is 14.7. The number of carbonyl (C=O) groups excluding carboxylic acids is 1. The van der Waals surface area contributed by atoms with Crippen LogP contribution in [-0.2, 0) is 4.79 Å². The van der Waals surface area contributed by atoms with Crippen molar-refractivity contribution in [3.63, 3.8) is 0 Å². The number of nitrogens with zero attached hydrogens (tertiary/aromatic N) is 1. The molecule has 0 radical (unpaired) electrons. The van der Waals surface area contributed by atoms with Gasteiger partial charge in [0.15, 0.2) is 0 Å². The van der Waals surface area contributed by atoms with E-state index < -0.39 is 0 Å². The standard InChI is InChI=1S/C14H29N3O/c1-5-12(6-2)17(10-11(3)4)14(18)13-9-15-7-8-16-13/h11-13,15-16H,5-10H2,1-4H3. The Morgan fingerprint density at radius 2 is 1.94 bits per heavy atom. The van der Waals surface area contributed by atoms with Crippen molar-refractivity contribution >= 4 is 5.91 Å². The molecular weight excluding hydrogens is 226 g/mol. The topological polar surface area (TPSA) is 44.4 Å². The number of piperazine rings is 1. The molecule has 0 aromatic heterocycles. The Bertz CT molecular complexity index is 245. The van der Waals surface area contributed by atoms with E-state index in [1.165, 1.54) is 0 Å². The van der Waals surface area contributed by atoms with Crippen molar-refractivity contribution in [2.24, 2.45) is 5.92 Å². The number of rotatable bonds is 6. The molecule has 18 heavy (non-hydrogen) atoms. The zero-order chi connectivity index (χ0) is 13.5. The van der Waals surface area contributed by atoms with E-state index in [-0.39, 0.29) is 11.9 Å². The summed E-state index contributed by atoms with van der Waals surface area (Å²) in [6.07, 6.45) is 2.07. The van der Waals surface area contributed by atoms with Gasteiger partial charge in [-0.05, 0) is 18.8 Å². The Morgan fingerprint density at radius 3 is 2.39 bits per heavy atom. The molecule has 1 heterocycles. The minimum absolute atomic E-state index is 0.0434. The lowest BCUT2D eigenvalue weighted by Gasteiger charge is -2.36. The molecule has 4 nitrogen and oxygen atoms in total. The van der Waals surface area contributed by atoms with Gasteiger partial charge in [-0.15, -0.1) is 0 Å². The van der Waals surface area contributed by atoms with E-state index in [9.17, 15) is 4.79 Å². The monoisotopic (exact) mass is 255 g/mol. The molecule has 0 spiro atoms. The van der Waals surface area contributed by atoms with Crippen LogP contribution in [0, 0.1) is 5.92 Å². The molecular formula is C14H29N3O. The minimum atomic E-state index is -0.0434. The zero-order valence-corrected chi connectivity index (χ0v) is 12.3. The highest BCUT2D eigenvalue weighted by molar-refractivity contribution is 5.82. The van der Waals surface area contributed by atoms with E-state index in [0.29, 0.717) is 12.0 Å². The van der Waals surface area contributed by atoms with E-state index in [4.69, 9.17) is 0 Å². The number of carbonyl (C=O) groups is 1. The predicted molar refractivity (Wildman–Crippen MR) is 75.6 cm³/mol. The molecule has 2 N–H and O–H groups in total. The van der Waals surface area contributed by atoms with Crippen LogP contribution in [-0.4, -0.2) is 49.1 Å². The molecule has 0 aliphatic carbocycles. The van der Waals surface area contributed by atoms with Crippen molar-refractivity contribution in [3.05, 3.63) is 0 Å².